The molecule has 70 valence electrons. The molecule has 1 nitrogen and oxygen atoms in total. The number of benzene rings is 1. The molecule has 0 fully saturated rings. The number of rotatable bonds is 3. The van der Waals surface area contributed by atoms with Gasteiger partial charge in [-0.2, -0.15) is 11.8 Å². The third-order valence-electron chi connectivity index (χ3n) is 1.85. The summed E-state index contributed by atoms with van der Waals surface area (Å²) in [7, 11) is 0. The van der Waals surface area contributed by atoms with Gasteiger partial charge in [0.15, 0.2) is 5.78 Å². The Hall–Kier alpha value is -0.830. The highest BCUT2D eigenvalue weighted by atomic mass is 32.2. The molecule has 0 heterocycles. The number of carbonyl (C=O) groups excluding carboxylic acids is 1. The molecule has 0 amide bonds. The monoisotopic (exact) mass is 198 g/mol. The quantitative estimate of drug-likeness (QED) is 0.695. The van der Waals surface area contributed by atoms with E-state index in [2.05, 4.69) is 0 Å². The molecule has 1 unspecified atom stereocenters. The Kier molecular flexibility index (Phi) is 3.48. The van der Waals surface area contributed by atoms with Gasteiger partial charge in [0, 0.05) is 5.56 Å². The Bertz CT molecular complexity index is 294. The van der Waals surface area contributed by atoms with Crippen LogP contribution in [-0.2, 0) is 0 Å². The van der Waals surface area contributed by atoms with Gasteiger partial charge >= 0.3 is 0 Å². The van der Waals surface area contributed by atoms with E-state index in [1.54, 1.807) is 0 Å². The van der Waals surface area contributed by atoms with Crippen LogP contribution in [0.5, 0.6) is 0 Å². The molecule has 0 saturated carbocycles. The molecule has 0 spiro atoms. The van der Waals surface area contributed by atoms with Crippen LogP contribution in [0.25, 0.3) is 0 Å². The SMILES string of the molecule is CSC(C)C(=O)c1ccc(F)cc1. The van der Waals surface area contributed by atoms with E-state index in [4.69, 9.17) is 0 Å². The summed E-state index contributed by atoms with van der Waals surface area (Å²) in [6.45, 7) is 1.84. The number of Topliss-reactive ketones (excluding diaryl/α,β-unsaturated/α-hetero) is 1. The second-order valence-corrected chi connectivity index (χ2v) is 3.93. The molecular formula is C10H11FOS. The average molecular weight is 198 g/mol. The first-order chi connectivity index (χ1) is 6.15. The highest BCUT2D eigenvalue weighted by Gasteiger charge is 2.13. The number of halogens is 1. The van der Waals surface area contributed by atoms with E-state index in [0.717, 1.165) is 0 Å². The van der Waals surface area contributed by atoms with E-state index in [9.17, 15) is 9.18 Å². The lowest BCUT2D eigenvalue weighted by Gasteiger charge is -2.06. The minimum atomic E-state index is -0.312. The molecule has 1 aromatic carbocycles. The summed E-state index contributed by atoms with van der Waals surface area (Å²) in [5.74, 6) is -0.263. The van der Waals surface area contributed by atoms with Crippen LogP contribution in [0.3, 0.4) is 0 Å². The molecular weight excluding hydrogens is 187 g/mol. The van der Waals surface area contributed by atoms with Crippen molar-refractivity contribution in [2.24, 2.45) is 0 Å². The molecule has 0 aliphatic carbocycles. The van der Waals surface area contributed by atoms with Crippen molar-refractivity contribution in [3.05, 3.63) is 35.6 Å². The van der Waals surface area contributed by atoms with E-state index in [1.165, 1.54) is 36.0 Å². The van der Waals surface area contributed by atoms with Crippen LogP contribution in [0.1, 0.15) is 17.3 Å². The van der Waals surface area contributed by atoms with Gasteiger partial charge in [-0.15, -0.1) is 0 Å². The molecule has 1 atom stereocenters. The molecule has 0 bridgehead atoms. The maximum absolute atomic E-state index is 12.5. The van der Waals surface area contributed by atoms with Crippen LogP contribution in [0.15, 0.2) is 24.3 Å². The molecule has 0 aliphatic rings. The van der Waals surface area contributed by atoms with Gasteiger partial charge in [0.1, 0.15) is 5.82 Å². The molecule has 0 radical (unpaired) electrons. The fourth-order valence-electron chi connectivity index (χ4n) is 0.956. The normalized spacial score (nSPS) is 12.5. The molecule has 1 aromatic rings. The van der Waals surface area contributed by atoms with E-state index in [-0.39, 0.29) is 16.9 Å². The number of ketones is 1. The second-order valence-electron chi connectivity index (χ2n) is 2.75. The zero-order valence-corrected chi connectivity index (χ0v) is 8.40. The molecule has 0 saturated heterocycles. The zero-order chi connectivity index (χ0) is 9.84. The van der Waals surface area contributed by atoms with E-state index < -0.39 is 0 Å². The first kappa shape index (κ1) is 10.3. The van der Waals surface area contributed by atoms with Gasteiger partial charge in [-0.25, -0.2) is 4.39 Å². The summed E-state index contributed by atoms with van der Waals surface area (Å²) in [5, 5.41) is -0.0644. The van der Waals surface area contributed by atoms with Crippen molar-refractivity contribution < 1.29 is 9.18 Å². The minimum absolute atomic E-state index is 0.0486. The van der Waals surface area contributed by atoms with Gasteiger partial charge in [0.25, 0.3) is 0 Å². The maximum atomic E-state index is 12.5. The van der Waals surface area contributed by atoms with Crippen LogP contribution in [0.4, 0.5) is 4.39 Å². The standard InChI is InChI=1S/C10H11FOS/c1-7(13-2)10(12)8-3-5-9(11)6-4-8/h3-7H,1-2H3. The zero-order valence-electron chi connectivity index (χ0n) is 7.58. The van der Waals surface area contributed by atoms with Gasteiger partial charge in [0.05, 0.1) is 5.25 Å². The van der Waals surface area contributed by atoms with Crippen LogP contribution < -0.4 is 0 Å². The van der Waals surface area contributed by atoms with Crippen molar-refractivity contribution in [2.75, 3.05) is 6.26 Å². The van der Waals surface area contributed by atoms with Crippen LogP contribution >= 0.6 is 11.8 Å². The van der Waals surface area contributed by atoms with Crippen LogP contribution in [0.2, 0.25) is 0 Å². The van der Waals surface area contributed by atoms with Gasteiger partial charge in [0.2, 0.25) is 0 Å². The summed E-state index contributed by atoms with van der Waals surface area (Å²) in [6, 6.07) is 5.65. The van der Waals surface area contributed by atoms with Gasteiger partial charge in [-0.05, 0) is 37.4 Å². The highest BCUT2D eigenvalue weighted by molar-refractivity contribution is 7.99. The molecule has 0 aliphatic heterocycles. The van der Waals surface area contributed by atoms with Crippen molar-refractivity contribution in [3.8, 4) is 0 Å². The van der Waals surface area contributed by atoms with Crippen molar-refractivity contribution in [2.45, 2.75) is 12.2 Å². The Balaban J connectivity index is 2.83. The lowest BCUT2D eigenvalue weighted by Crippen LogP contribution is -2.12. The molecule has 0 N–H and O–H groups in total. The smallest absolute Gasteiger partial charge is 0.175 e. The first-order valence-corrected chi connectivity index (χ1v) is 5.26. The topological polar surface area (TPSA) is 17.1 Å². The van der Waals surface area contributed by atoms with E-state index in [1.807, 2.05) is 13.2 Å². The highest BCUT2D eigenvalue weighted by Crippen LogP contribution is 2.13. The van der Waals surface area contributed by atoms with Crippen molar-refractivity contribution in [1.29, 1.82) is 0 Å². The summed E-state index contributed by atoms with van der Waals surface area (Å²) in [6.07, 6.45) is 1.88. The molecule has 3 heteroatoms. The molecule has 0 aromatic heterocycles. The van der Waals surface area contributed by atoms with Gasteiger partial charge in [-0.1, -0.05) is 0 Å². The predicted octanol–water partition coefficient (Wildman–Crippen LogP) is 2.76. The van der Waals surface area contributed by atoms with Gasteiger partial charge in [-0.3, -0.25) is 4.79 Å². The number of hydrogen-bond donors (Lipinski definition) is 0. The number of hydrogen-bond acceptors (Lipinski definition) is 2. The Labute approximate surface area is 81.3 Å². The Morgan fingerprint density at radius 2 is 1.92 bits per heavy atom. The van der Waals surface area contributed by atoms with Gasteiger partial charge < -0.3 is 0 Å². The van der Waals surface area contributed by atoms with Crippen LogP contribution in [0, 0.1) is 5.82 Å². The summed E-state index contributed by atoms with van der Waals surface area (Å²) in [5.41, 5.74) is 0.572. The third-order valence-corrected chi connectivity index (χ3v) is 2.77. The fourth-order valence-corrected chi connectivity index (χ4v) is 1.31. The van der Waals surface area contributed by atoms with Crippen molar-refractivity contribution in [1.82, 2.24) is 0 Å². The lowest BCUT2D eigenvalue weighted by atomic mass is 10.1. The third kappa shape index (κ3) is 2.56. The molecule has 13 heavy (non-hydrogen) atoms. The van der Waals surface area contributed by atoms with Crippen molar-refractivity contribution in [3.63, 3.8) is 0 Å². The molecule has 1 rings (SSSR count). The van der Waals surface area contributed by atoms with Crippen LogP contribution in [-0.4, -0.2) is 17.3 Å². The van der Waals surface area contributed by atoms with E-state index in [0.29, 0.717) is 5.56 Å². The summed E-state index contributed by atoms with van der Waals surface area (Å²) < 4.78 is 12.5. The average Bonchev–Trinajstić information content (AvgIpc) is 2.17. The van der Waals surface area contributed by atoms with Crippen molar-refractivity contribution >= 4 is 17.5 Å². The largest absolute Gasteiger partial charge is 0.293 e. The Morgan fingerprint density at radius 1 is 1.38 bits per heavy atom. The summed E-state index contributed by atoms with van der Waals surface area (Å²) >= 11 is 1.49. The van der Waals surface area contributed by atoms with E-state index >= 15 is 0 Å². The Morgan fingerprint density at radius 3 is 2.38 bits per heavy atom. The minimum Gasteiger partial charge on any atom is -0.293 e. The second kappa shape index (κ2) is 4.42. The maximum Gasteiger partial charge on any atom is 0.175 e. The number of thioether (sulfide) groups is 1. The fraction of sp³-hybridized carbons (Fsp3) is 0.300. The summed E-state index contributed by atoms with van der Waals surface area (Å²) in [4.78, 5) is 11.5. The predicted molar refractivity (Wildman–Crippen MR) is 53.7 cm³/mol. The first-order valence-electron chi connectivity index (χ1n) is 3.97. The number of carbonyl (C=O) groups is 1. The lowest BCUT2D eigenvalue weighted by molar-refractivity contribution is 0.0994.